The third-order valence-electron chi connectivity index (χ3n) is 6.19. The number of nitrogens with zero attached hydrogens (tertiary/aromatic N) is 5. The van der Waals surface area contributed by atoms with Gasteiger partial charge in [-0.3, -0.25) is 9.48 Å². The van der Waals surface area contributed by atoms with Gasteiger partial charge in [-0.15, -0.1) is 5.10 Å². The first-order chi connectivity index (χ1) is 16.8. The van der Waals surface area contributed by atoms with Crippen LogP contribution >= 0.6 is 0 Å². The Labute approximate surface area is 206 Å². The molecule has 0 saturated carbocycles. The van der Waals surface area contributed by atoms with Gasteiger partial charge in [0.25, 0.3) is 0 Å². The van der Waals surface area contributed by atoms with Gasteiger partial charge in [-0.1, -0.05) is 24.3 Å². The van der Waals surface area contributed by atoms with Crippen LogP contribution in [0.5, 0.6) is 5.75 Å². The average Bonchev–Trinajstić information content (AvgIpc) is 3.31. The van der Waals surface area contributed by atoms with Crippen LogP contribution in [0.15, 0.2) is 30.5 Å². The van der Waals surface area contributed by atoms with Crippen molar-refractivity contribution in [2.75, 3.05) is 39.2 Å². The fourth-order valence-corrected chi connectivity index (χ4v) is 4.00. The first-order valence-corrected chi connectivity index (χ1v) is 11.9. The number of aromatic nitrogens is 3. The molecular formula is C24H36N6O5. The summed E-state index contributed by atoms with van der Waals surface area (Å²) in [5.74, 6) is 0.417. The zero-order chi connectivity index (χ0) is 25.4. The van der Waals surface area contributed by atoms with Gasteiger partial charge < -0.3 is 29.7 Å². The molecule has 2 heterocycles. The van der Waals surface area contributed by atoms with Gasteiger partial charge in [-0.25, -0.2) is 4.79 Å². The van der Waals surface area contributed by atoms with E-state index in [1.54, 1.807) is 40.8 Å². The lowest BCUT2D eigenvalue weighted by Gasteiger charge is -2.35. The summed E-state index contributed by atoms with van der Waals surface area (Å²) in [5, 5.41) is 20.9. The molecule has 0 saturated heterocycles. The van der Waals surface area contributed by atoms with E-state index in [1.165, 1.54) is 0 Å². The highest BCUT2D eigenvalue weighted by Gasteiger charge is 2.29. The first-order valence-electron chi connectivity index (χ1n) is 11.9. The van der Waals surface area contributed by atoms with Crippen molar-refractivity contribution in [3.63, 3.8) is 0 Å². The minimum Gasteiger partial charge on any atom is -0.495 e. The Hall–Kier alpha value is -3.18. The highest BCUT2D eigenvalue weighted by atomic mass is 16.5. The lowest BCUT2D eigenvalue weighted by atomic mass is 10.0. The number of anilines is 1. The van der Waals surface area contributed by atoms with Gasteiger partial charge in [0, 0.05) is 39.0 Å². The Kier molecular flexibility index (Phi) is 9.44. The number of aliphatic hydroxyl groups excluding tert-OH is 1. The maximum atomic E-state index is 13.0. The van der Waals surface area contributed by atoms with E-state index >= 15 is 0 Å². The van der Waals surface area contributed by atoms with Crippen LogP contribution in [0, 0.1) is 5.92 Å². The van der Waals surface area contributed by atoms with Crippen molar-refractivity contribution < 1.29 is 24.2 Å². The number of amides is 3. The molecule has 3 atom stereocenters. The molecule has 192 valence electrons. The number of nitrogens with one attached hydrogen (secondary N) is 1. The summed E-state index contributed by atoms with van der Waals surface area (Å²) >= 11 is 0. The Balaban J connectivity index is 1.76. The van der Waals surface area contributed by atoms with Crippen molar-refractivity contribution >= 4 is 17.6 Å². The molecule has 11 heteroatoms. The largest absolute Gasteiger partial charge is 0.495 e. The number of ether oxygens (including phenoxy) is 2. The van der Waals surface area contributed by atoms with E-state index < -0.39 is 6.10 Å². The number of likely N-dealkylation sites (N-methyl/N-ethyl adjacent to an activating group) is 1. The molecule has 0 radical (unpaired) electrons. The molecule has 3 rings (SSSR count). The van der Waals surface area contributed by atoms with Crippen LogP contribution in [-0.2, 0) is 22.7 Å². The Morgan fingerprint density at radius 1 is 1.40 bits per heavy atom. The number of urea groups is 1. The van der Waals surface area contributed by atoms with Crippen molar-refractivity contribution in [3.8, 4) is 5.75 Å². The van der Waals surface area contributed by atoms with E-state index in [-0.39, 0.29) is 43.7 Å². The van der Waals surface area contributed by atoms with E-state index in [2.05, 4.69) is 15.6 Å². The van der Waals surface area contributed by atoms with Crippen LogP contribution in [0.3, 0.4) is 0 Å². The lowest BCUT2D eigenvalue weighted by molar-refractivity contribution is -0.136. The summed E-state index contributed by atoms with van der Waals surface area (Å²) in [6.07, 6.45) is 2.39. The van der Waals surface area contributed by atoms with Crippen LogP contribution in [-0.4, -0.2) is 87.8 Å². The molecule has 1 aromatic carbocycles. The molecule has 2 bridgehead atoms. The van der Waals surface area contributed by atoms with Crippen molar-refractivity contribution in [3.05, 3.63) is 36.2 Å². The predicted molar refractivity (Wildman–Crippen MR) is 130 cm³/mol. The molecule has 0 aliphatic carbocycles. The number of aliphatic hydroxyl groups is 1. The number of para-hydroxylation sites is 2. The Morgan fingerprint density at radius 2 is 2.17 bits per heavy atom. The second-order valence-corrected chi connectivity index (χ2v) is 8.99. The molecule has 0 spiro atoms. The van der Waals surface area contributed by atoms with Crippen LogP contribution in [0.2, 0.25) is 0 Å². The molecule has 2 aromatic rings. The fourth-order valence-electron chi connectivity index (χ4n) is 4.00. The molecule has 3 amide bonds. The first kappa shape index (κ1) is 26.4. The Bertz CT molecular complexity index is 983. The molecule has 1 aliphatic rings. The van der Waals surface area contributed by atoms with Gasteiger partial charge >= 0.3 is 6.03 Å². The normalized spacial score (nSPS) is 20.3. The molecule has 0 fully saturated rings. The van der Waals surface area contributed by atoms with E-state index in [1.807, 2.05) is 32.2 Å². The average molecular weight is 489 g/mol. The van der Waals surface area contributed by atoms with Crippen LogP contribution in [0.1, 0.15) is 32.4 Å². The minimum absolute atomic E-state index is 0.0287. The van der Waals surface area contributed by atoms with Crippen molar-refractivity contribution in [2.24, 2.45) is 5.92 Å². The maximum Gasteiger partial charge on any atom is 0.321 e. The van der Waals surface area contributed by atoms with Gasteiger partial charge in [0.15, 0.2) is 0 Å². The van der Waals surface area contributed by atoms with Gasteiger partial charge in [-0.05, 0) is 25.5 Å². The van der Waals surface area contributed by atoms with Crippen LogP contribution in [0.25, 0.3) is 0 Å². The molecule has 0 unspecified atom stereocenters. The second-order valence-electron chi connectivity index (χ2n) is 8.99. The van der Waals surface area contributed by atoms with E-state index in [0.717, 1.165) is 0 Å². The van der Waals surface area contributed by atoms with Crippen molar-refractivity contribution in [1.29, 1.82) is 0 Å². The van der Waals surface area contributed by atoms with Gasteiger partial charge in [0.2, 0.25) is 5.91 Å². The number of rotatable bonds is 6. The van der Waals surface area contributed by atoms with Crippen LogP contribution in [0.4, 0.5) is 10.5 Å². The quantitative estimate of drug-likeness (QED) is 0.637. The summed E-state index contributed by atoms with van der Waals surface area (Å²) in [6.45, 7) is 5.18. The third-order valence-corrected chi connectivity index (χ3v) is 6.19. The summed E-state index contributed by atoms with van der Waals surface area (Å²) in [4.78, 5) is 29.2. The Morgan fingerprint density at radius 3 is 2.91 bits per heavy atom. The fraction of sp³-hybridized carbons (Fsp3) is 0.583. The molecular weight excluding hydrogens is 452 g/mol. The molecule has 1 aliphatic heterocycles. The third kappa shape index (κ3) is 7.15. The summed E-state index contributed by atoms with van der Waals surface area (Å²) < 4.78 is 13.2. The zero-order valence-electron chi connectivity index (χ0n) is 20.9. The zero-order valence-corrected chi connectivity index (χ0v) is 20.9. The van der Waals surface area contributed by atoms with Crippen molar-refractivity contribution in [1.82, 2.24) is 24.8 Å². The summed E-state index contributed by atoms with van der Waals surface area (Å²) in [6, 6.07) is 6.57. The van der Waals surface area contributed by atoms with Crippen LogP contribution < -0.4 is 10.1 Å². The maximum absolute atomic E-state index is 13.0. The highest BCUT2D eigenvalue weighted by Crippen LogP contribution is 2.24. The van der Waals surface area contributed by atoms with Gasteiger partial charge in [0.1, 0.15) is 11.4 Å². The van der Waals surface area contributed by atoms with Gasteiger partial charge in [-0.2, -0.15) is 0 Å². The molecule has 35 heavy (non-hydrogen) atoms. The number of carbonyl (C=O) groups is 2. The predicted octanol–water partition coefficient (Wildman–Crippen LogP) is 1.98. The summed E-state index contributed by atoms with van der Waals surface area (Å²) in [5.41, 5.74) is 1.26. The van der Waals surface area contributed by atoms with E-state index in [9.17, 15) is 14.7 Å². The minimum atomic E-state index is -0.393. The number of fused-ring (bicyclic) bond motifs is 2. The number of hydrogen-bond acceptors (Lipinski definition) is 7. The number of benzene rings is 1. The monoisotopic (exact) mass is 488 g/mol. The van der Waals surface area contributed by atoms with Gasteiger partial charge in [0.05, 0.1) is 44.4 Å². The SMILES string of the molecule is COc1ccccc1NC(=O)N(C)C[C@@H]1OCc2cn(nn2)CCCC(=O)N([C@@H](C)CO)C[C@H]1C. The molecule has 11 nitrogen and oxygen atoms in total. The van der Waals surface area contributed by atoms with E-state index in [4.69, 9.17) is 9.47 Å². The molecule has 1 aromatic heterocycles. The number of hydrogen-bond donors (Lipinski definition) is 2. The number of methoxy groups -OCH3 is 1. The molecule has 2 N–H and O–H groups in total. The second kappa shape index (κ2) is 12.5. The van der Waals surface area contributed by atoms with Crippen molar-refractivity contribution in [2.45, 2.75) is 52.0 Å². The highest BCUT2D eigenvalue weighted by molar-refractivity contribution is 5.90. The topological polar surface area (TPSA) is 122 Å². The van der Waals surface area contributed by atoms with E-state index in [0.29, 0.717) is 43.1 Å². The standard InChI is InChI=1S/C24H36N6O5/c1-17-12-30(18(2)15-31)23(32)10-7-11-29-13-19(26-27-29)16-35-22(17)14-28(3)24(33)25-20-8-5-6-9-21(20)34-4/h5-6,8-9,13,17-18,22,31H,7,10-12,14-16H2,1-4H3,(H,25,33)/t17-,18+,22+/m1/s1. The smallest absolute Gasteiger partial charge is 0.321 e. The number of carbonyl (C=O) groups excluding carboxylic acids is 2. The number of aryl methyl sites for hydroxylation is 1. The summed E-state index contributed by atoms with van der Waals surface area (Å²) in [7, 11) is 3.24. The lowest BCUT2D eigenvalue weighted by Crippen LogP contribution is -2.48.